The molecule has 0 aliphatic rings. The smallest absolute Gasteiger partial charge is 0 e. The van der Waals surface area contributed by atoms with Crippen LogP contribution in [0, 0.1) is 0 Å². The molecule has 0 heterocycles. The normalized spacial score (nSPS) is 0. The molecule has 0 rings (SSSR count). The van der Waals surface area contributed by atoms with Gasteiger partial charge in [-0.05, 0) is 0 Å². The quantitative estimate of drug-likeness (QED) is 0.413. The molecule has 2 radical (unpaired) electrons. The zero-order valence-corrected chi connectivity index (χ0v) is 9.05. The predicted molar refractivity (Wildman–Crippen MR) is 4.81 cm³/mol. The van der Waals surface area contributed by atoms with Crippen molar-refractivity contribution in [3.8, 4) is 0 Å². The van der Waals surface area contributed by atoms with E-state index in [1.807, 2.05) is 0 Å². The first-order valence-corrected chi connectivity index (χ1v) is 0. The van der Waals surface area contributed by atoms with Gasteiger partial charge in [-0.3, -0.25) is 0 Å². The summed E-state index contributed by atoms with van der Waals surface area (Å²) in [6, 6.07) is 0. The van der Waals surface area contributed by atoms with E-state index in [0.29, 0.717) is 0 Å². The summed E-state index contributed by atoms with van der Waals surface area (Å²) in [4.78, 5) is 0. The van der Waals surface area contributed by atoms with Gasteiger partial charge in [0.15, 0.2) is 0 Å². The second-order valence-corrected chi connectivity index (χ2v) is 0. The van der Waals surface area contributed by atoms with Gasteiger partial charge >= 0.3 is 0 Å². The van der Waals surface area contributed by atoms with Crippen molar-refractivity contribution in [1.82, 2.24) is 0 Å². The van der Waals surface area contributed by atoms with Crippen molar-refractivity contribution in [3.63, 3.8) is 0 Å². The van der Waals surface area contributed by atoms with E-state index in [-0.39, 0.29) is 79.2 Å². The van der Waals surface area contributed by atoms with E-state index in [1.165, 1.54) is 0 Å². The van der Waals surface area contributed by atoms with Gasteiger partial charge in [0, 0.05) is 40.8 Å². The van der Waals surface area contributed by atoms with E-state index in [9.17, 15) is 0 Å². The Morgan fingerprint density at radius 3 is 0.222 bits per heavy atom. The van der Waals surface area contributed by atoms with Crippen LogP contribution in [0.3, 0.4) is 0 Å². The minimum Gasteiger partial charge on any atom is -2.00 e. The molecule has 7 nitrogen and oxygen atoms in total. The van der Waals surface area contributed by atoms with Crippen molar-refractivity contribution in [3.05, 3.63) is 0 Å². The zero-order chi connectivity index (χ0) is 0. The van der Waals surface area contributed by atoms with Gasteiger partial charge < -0.3 is 38.3 Å². The van der Waals surface area contributed by atoms with Crippen LogP contribution >= 0.6 is 0 Å². The van der Waals surface area contributed by atoms with E-state index in [2.05, 4.69) is 0 Å². The fourth-order valence-corrected chi connectivity index (χ4v) is 0. The van der Waals surface area contributed by atoms with E-state index < -0.39 is 0 Å². The molecule has 0 saturated carbocycles. The molecule has 0 bridgehead atoms. The first-order chi connectivity index (χ1) is 0. The van der Waals surface area contributed by atoms with Crippen LogP contribution in [0.5, 0.6) is 0 Å². The third-order valence-corrected chi connectivity index (χ3v) is 0. The van der Waals surface area contributed by atoms with Gasteiger partial charge in [0.25, 0.3) is 0 Å². The number of hydrogen-bond donors (Lipinski definition) is 0. The molecule has 0 fully saturated rings. The Morgan fingerprint density at radius 2 is 0.222 bits per heavy atom. The average Bonchev–Trinajstić information content (AvgIpc) is 0. The van der Waals surface area contributed by atoms with Crippen molar-refractivity contribution in [2.75, 3.05) is 0 Å². The van der Waals surface area contributed by atoms with Crippen LogP contribution in [0.2, 0.25) is 0 Å². The van der Waals surface area contributed by atoms with Crippen molar-refractivity contribution in [1.29, 1.82) is 0 Å². The molecule has 0 amide bonds. The Kier molecular flexibility index (Phi) is 44900. The molecule has 9 heavy (non-hydrogen) atoms. The Labute approximate surface area is 79.3 Å². The molecule has 0 unspecified atom stereocenters. The van der Waals surface area contributed by atoms with Crippen molar-refractivity contribution < 1.29 is 79.2 Å². The molecule has 9 heteroatoms. The summed E-state index contributed by atoms with van der Waals surface area (Å²) in [5.41, 5.74) is 0. The van der Waals surface area contributed by atoms with Gasteiger partial charge in [-0.1, -0.05) is 0 Å². The molecular weight excluding hydrogens is 484 g/mol. The minimum absolute atomic E-state index is 0. The zero-order valence-electron chi connectivity index (χ0n) is 3.61. The van der Waals surface area contributed by atoms with Crippen LogP contribution in [0.25, 0.3) is 0 Å². The molecule has 0 aliphatic carbocycles. The third-order valence-electron chi connectivity index (χ3n) is 0. The van der Waals surface area contributed by atoms with Crippen LogP contribution in [-0.2, 0) is 79.2 Å². The summed E-state index contributed by atoms with van der Waals surface area (Å²) >= 11 is 0. The molecule has 0 aromatic rings. The molecule has 0 saturated heterocycles. The summed E-state index contributed by atoms with van der Waals surface area (Å²) in [7, 11) is 0. The fraction of sp³-hybridized carbons (Fsp3) is 0. The van der Waals surface area contributed by atoms with Gasteiger partial charge in [-0.25, -0.2) is 0 Å². The van der Waals surface area contributed by atoms with Crippen LogP contribution in [0.15, 0.2) is 0 Å². The van der Waals surface area contributed by atoms with Gasteiger partial charge in [0.2, 0.25) is 0 Å². The number of hydrogen-bond acceptors (Lipinski definition) is 0. The second-order valence-electron chi connectivity index (χ2n) is 0. The topological polar surface area (TPSA) is 200 Å². The first-order valence-electron chi connectivity index (χ1n) is 0. The maximum Gasteiger partial charge on any atom is 0 e. The van der Waals surface area contributed by atoms with E-state index in [4.69, 9.17) is 0 Å². The van der Waals surface area contributed by atoms with Gasteiger partial charge in [0.05, 0.1) is 0 Å². The van der Waals surface area contributed by atoms with Gasteiger partial charge in [-0.2, -0.15) is 0 Å². The summed E-state index contributed by atoms with van der Waals surface area (Å²) in [6.07, 6.45) is 0. The Bertz CT molecular complexity index is 6.88. The maximum atomic E-state index is 0. The van der Waals surface area contributed by atoms with E-state index >= 15 is 0 Å². The monoisotopic (exact) mass is 486 g/mol. The summed E-state index contributed by atoms with van der Waals surface area (Å²) in [6.45, 7) is 0. The van der Waals surface area contributed by atoms with Crippen LogP contribution in [0.4, 0.5) is 0 Å². The predicted octanol–water partition coefficient (Wildman–Crippen LogP) is -0.837. The van der Waals surface area contributed by atoms with Crippen LogP contribution < -0.4 is 0 Å². The maximum absolute atomic E-state index is 0. The molecule has 0 N–H and O–H groups in total. The SMILES string of the molecule is [O-2].[O-2].[O-2].[O-2].[O-2].[O-2].[O-2].[Re].[Re]. The minimum atomic E-state index is 0. The van der Waals surface area contributed by atoms with Gasteiger partial charge in [0.1, 0.15) is 0 Å². The van der Waals surface area contributed by atoms with E-state index in [0.717, 1.165) is 0 Å². The van der Waals surface area contributed by atoms with Crippen LogP contribution in [-0.4, -0.2) is 0 Å². The van der Waals surface area contributed by atoms with Crippen molar-refractivity contribution in [2.45, 2.75) is 0 Å². The Balaban J connectivity index is 0. The molecule has 0 aromatic heterocycles. The van der Waals surface area contributed by atoms with Crippen molar-refractivity contribution in [2.24, 2.45) is 0 Å². The Hall–Kier alpha value is 1.04. The molecule has 0 aromatic carbocycles. The summed E-state index contributed by atoms with van der Waals surface area (Å²) < 4.78 is 0. The first kappa shape index (κ1) is 753. The fourth-order valence-electron chi connectivity index (χ4n) is 0. The van der Waals surface area contributed by atoms with Crippen LogP contribution in [0.1, 0.15) is 0 Å². The molecule has 70 valence electrons. The summed E-state index contributed by atoms with van der Waals surface area (Å²) in [5.74, 6) is 0. The number of rotatable bonds is 0. The largest absolute Gasteiger partial charge is 2.00 e. The van der Waals surface area contributed by atoms with E-state index in [1.54, 1.807) is 0 Å². The summed E-state index contributed by atoms with van der Waals surface area (Å²) in [5, 5.41) is 0. The Morgan fingerprint density at radius 1 is 0.222 bits per heavy atom. The molecule has 0 spiro atoms. The van der Waals surface area contributed by atoms with Gasteiger partial charge in [-0.15, -0.1) is 0 Å². The second kappa shape index (κ2) is 536. The third kappa shape index (κ3) is 411. The molecular formula is O7Re2-14. The average molecular weight is 484 g/mol. The molecule has 0 atom stereocenters. The molecule has 0 aliphatic heterocycles. The standard InChI is InChI=1S/7O.2Re/q7*-2;;. The van der Waals surface area contributed by atoms with Crippen molar-refractivity contribution >= 4 is 0 Å².